The van der Waals surface area contributed by atoms with Crippen LogP contribution in [0.5, 0.6) is 0 Å². The van der Waals surface area contributed by atoms with Crippen molar-refractivity contribution >= 4 is 17.8 Å². The maximum Gasteiger partial charge on any atom is 0.328 e. The van der Waals surface area contributed by atoms with Gasteiger partial charge in [0, 0.05) is 6.20 Å². The number of carbonyl (C=O) groups excluding carboxylic acids is 1. The lowest BCUT2D eigenvalue weighted by Gasteiger charge is -2.05. The van der Waals surface area contributed by atoms with E-state index in [2.05, 4.69) is 20.5 Å². The van der Waals surface area contributed by atoms with Gasteiger partial charge in [-0.3, -0.25) is 14.8 Å². The van der Waals surface area contributed by atoms with Gasteiger partial charge < -0.3 is 5.11 Å². The van der Waals surface area contributed by atoms with Crippen LogP contribution in [0.15, 0.2) is 43.0 Å². The minimum Gasteiger partial charge on any atom is -0.480 e. The number of carboxylic acid groups (broad SMARTS) is 1. The Morgan fingerprint density at radius 2 is 2.08 bits per heavy atom. The zero-order chi connectivity index (χ0) is 18.7. The Balaban J connectivity index is 1.66. The number of carboxylic acids is 1. The third-order valence-corrected chi connectivity index (χ3v) is 3.97. The maximum absolute atomic E-state index is 12.2. The third kappa shape index (κ3) is 3.77. The fourth-order valence-electron chi connectivity index (χ4n) is 2.34. The van der Waals surface area contributed by atoms with Gasteiger partial charge in [0.15, 0.2) is 0 Å². The number of amides is 1. The van der Waals surface area contributed by atoms with E-state index in [1.54, 1.807) is 4.68 Å². The fourth-order valence-corrected chi connectivity index (χ4v) is 2.34. The molecule has 1 amide bonds. The van der Waals surface area contributed by atoms with Gasteiger partial charge in [0.25, 0.3) is 5.91 Å². The summed E-state index contributed by atoms with van der Waals surface area (Å²) in [4.78, 5) is 27.3. The van der Waals surface area contributed by atoms with E-state index in [1.807, 2.05) is 31.2 Å². The molecule has 0 aliphatic carbocycles. The van der Waals surface area contributed by atoms with Crippen molar-refractivity contribution in [3.8, 4) is 0 Å². The number of hydrogen-bond acceptors (Lipinski definition) is 5. The summed E-state index contributed by atoms with van der Waals surface area (Å²) in [6, 6.07) is 7.09. The summed E-state index contributed by atoms with van der Waals surface area (Å²) in [7, 11) is 0. The summed E-state index contributed by atoms with van der Waals surface area (Å²) in [6.07, 6.45) is 4.22. The molecule has 9 heteroatoms. The number of aromatic nitrogens is 5. The highest BCUT2D eigenvalue weighted by atomic mass is 16.4. The van der Waals surface area contributed by atoms with Crippen molar-refractivity contribution in [2.75, 3.05) is 5.32 Å². The van der Waals surface area contributed by atoms with Gasteiger partial charge >= 0.3 is 5.97 Å². The first-order chi connectivity index (χ1) is 12.4. The van der Waals surface area contributed by atoms with Gasteiger partial charge in [-0.1, -0.05) is 24.3 Å². The van der Waals surface area contributed by atoms with Crippen LogP contribution in [0, 0.1) is 6.92 Å². The second-order valence-electron chi connectivity index (χ2n) is 5.87. The predicted octanol–water partition coefficient (Wildman–Crippen LogP) is 1.73. The minimum absolute atomic E-state index is 0.169. The van der Waals surface area contributed by atoms with Crippen LogP contribution in [-0.2, 0) is 11.3 Å². The van der Waals surface area contributed by atoms with E-state index in [1.165, 1.54) is 30.3 Å². The predicted molar refractivity (Wildman–Crippen MR) is 92.8 cm³/mol. The van der Waals surface area contributed by atoms with Crippen LogP contribution in [0.3, 0.4) is 0 Å². The molecular weight excluding hydrogens is 336 g/mol. The Morgan fingerprint density at radius 3 is 2.81 bits per heavy atom. The molecule has 0 saturated carbocycles. The molecule has 2 heterocycles. The van der Waals surface area contributed by atoms with Crippen molar-refractivity contribution < 1.29 is 14.7 Å². The van der Waals surface area contributed by atoms with E-state index < -0.39 is 17.9 Å². The van der Waals surface area contributed by atoms with Crippen molar-refractivity contribution in [2.45, 2.75) is 26.4 Å². The Hall–Kier alpha value is -3.49. The van der Waals surface area contributed by atoms with E-state index in [-0.39, 0.29) is 11.5 Å². The molecule has 3 rings (SSSR count). The maximum atomic E-state index is 12.2. The summed E-state index contributed by atoms with van der Waals surface area (Å²) in [5.74, 6) is -1.32. The zero-order valence-electron chi connectivity index (χ0n) is 14.3. The Kier molecular flexibility index (Phi) is 4.78. The highest BCUT2D eigenvalue weighted by Crippen LogP contribution is 2.11. The van der Waals surface area contributed by atoms with E-state index in [4.69, 9.17) is 5.11 Å². The Bertz CT molecular complexity index is 945. The molecule has 0 fully saturated rings. The Labute approximate surface area is 149 Å². The van der Waals surface area contributed by atoms with Gasteiger partial charge in [-0.25, -0.2) is 14.5 Å². The number of aliphatic carboxylic acids is 1. The van der Waals surface area contributed by atoms with E-state index >= 15 is 0 Å². The standard InChI is InChI=1S/C17H18N6O3/c1-11-5-3-4-6-13(11)8-22-10-18-17(21-22)20-15(24)14-7-19-23(9-14)12(2)16(25)26/h3-7,9-10,12H,8H2,1-2H3,(H,25,26)(H,20,21,24). The molecule has 1 atom stereocenters. The molecule has 9 nitrogen and oxygen atoms in total. The molecule has 0 aliphatic rings. The first kappa shape index (κ1) is 17.3. The molecule has 3 aromatic rings. The van der Waals surface area contributed by atoms with Crippen LogP contribution < -0.4 is 5.32 Å². The lowest BCUT2D eigenvalue weighted by atomic mass is 10.1. The van der Waals surface area contributed by atoms with Crippen molar-refractivity contribution in [3.63, 3.8) is 0 Å². The fraction of sp³-hybridized carbons (Fsp3) is 0.235. The average molecular weight is 354 g/mol. The van der Waals surface area contributed by atoms with Crippen molar-refractivity contribution in [1.82, 2.24) is 24.5 Å². The first-order valence-electron chi connectivity index (χ1n) is 7.96. The normalized spacial score (nSPS) is 11.9. The van der Waals surface area contributed by atoms with Crippen LogP contribution in [0.4, 0.5) is 5.95 Å². The third-order valence-electron chi connectivity index (χ3n) is 3.97. The Morgan fingerprint density at radius 1 is 1.31 bits per heavy atom. The van der Waals surface area contributed by atoms with Gasteiger partial charge in [0.05, 0.1) is 18.3 Å². The average Bonchev–Trinajstić information content (AvgIpc) is 3.26. The monoisotopic (exact) mass is 354 g/mol. The molecule has 2 aromatic heterocycles. The zero-order valence-corrected chi connectivity index (χ0v) is 14.3. The summed E-state index contributed by atoms with van der Waals surface area (Å²) in [5, 5.41) is 19.7. The second kappa shape index (κ2) is 7.18. The van der Waals surface area contributed by atoms with Crippen LogP contribution in [-0.4, -0.2) is 41.5 Å². The highest BCUT2D eigenvalue weighted by molar-refractivity contribution is 6.02. The van der Waals surface area contributed by atoms with Crippen molar-refractivity contribution in [1.29, 1.82) is 0 Å². The van der Waals surface area contributed by atoms with E-state index in [0.29, 0.717) is 6.54 Å². The van der Waals surface area contributed by atoms with Gasteiger partial charge in [-0.2, -0.15) is 5.10 Å². The van der Waals surface area contributed by atoms with Crippen LogP contribution in [0.25, 0.3) is 0 Å². The molecule has 1 unspecified atom stereocenters. The molecular formula is C17H18N6O3. The number of benzene rings is 1. The summed E-state index contributed by atoms with van der Waals surface area (Å²) < 4.78 is 2.84. The first-order valence-corrected chi connectivity index (χ1v) is 7.96. The number of hydrogen-bond donors (Lipinski definition) is 2. The molecule has 26 heavy (non-hydrogen) atoms. The van der Waals surface area contributed by atoms with E-state index in [9.17, 15) is 9.59 Å². The SMILES string of the molecule is Cc1ccccc1Cn1cnc(NC(=O)c2cnn(C(C)C(=O)O)c2)n1. The molecule has 0 spiro atoms. The van der Waals surface area contributed by atoms with Gasteiger partial charge in [0.2, 0.25) is 5.95 Å². The van der Waals surface area contributed by atoms with Crippen LogP contribution >= 0.6 is 0 Å². The van der Waals surface area contributed by atoms with Gasteiger partial charge in [0.1, 0.15) is 12.4 Å². The molecule has 0 bridgehead atoms. The lowest BCUT2D eigenvalue weighted by molar-refractivity contribution is -0.140. The summed E-state index contributed by atoms with van der Waals surface area (Å²) in [6.45, 7) is 4.04. The van der Waals surface area contributed by atoms with Crippen LogP contribution in [0.1, 0.15) is 34.5 Å². The van der Waals surface area contributed by atoms with Crippen LogP contribution in [0.2, 0.25) is 0 Å². The molecule has 0 radical (unpaired) electrons. The smallest absolute Gasteiger partial charge is 0.328 e. The topological polar surface area (TPSA) is 115 Å². The number of aryl methyl sites for hydroxylation is 1. The van der Waals surface area contributed by atoms with Crippen molar-refractivity contribution in [3.05, 3.63) is 59.7 Å². The number of anilines is 1. The molecule has 1 aromatic carbocycles. The number of rotatable bonds is 6. The second-order valence-corrected chi connectivity index (χ2v) is 5.87. The van der Waals surface area contributed by atoms with E-state index in [0.717, 1.165) is 11.1 Å². The lowest BCUT2D eigenvalue weighted by Crippen LogP contribution is -2.16. The summed E-state index contributed by atoms with van der Waals surface area (Å²) >= 11 is 0. The molecule has 0 saturated heterocycles. The van der Waals surface area contributed by atoms with Gasteiger partial charge in [-0.15, -0.1) is 5.10 Å². The molecule has 0 aliphatic heterocycles. The molecule has 134 valence electrons. The number of nitrogens with zero attached hydrogens (tertiary/aromatic N) is 5. The number of nitrogens with one attached hydrogen (secondary N) is 1. The highest BCUT2D eigenvalue weighted by Gasteiger charge is 2.17. The van der Waals surface area contributed by atoms with Gasteiger partial charge in [-0.05, 0) is 25.0 Å². The largest absolute Gasteiger partial charge is 0.480 e. The number of carbonyl (C=O) groups is 2. The minimum atomic E-state index is -1.03. The quantitative estimate of drug-likeness (QED) is 0.696. The van der Waals surface area contributed by atoms with Crippen molar-refractivity contribution in [2.24, 2.45) is 0 Å². The summed E-state index contributed by atoms with van der Waals surface area (Å²) in [5.41, 5.74) is 2.49. The molecule has 2 N–H and O–H groups in total.